The number of carbonyl (C=O) groups excluding carboxylic acids is 1. The first-order valence-corrected chi connectivity index (χ1v) is 11.7. The molecule has 5 nitrogen and oxygen atoms in total. The molecule has 0 radical (unpaired) electrons. The van der Waals surface area contributed by atoms with Crippen molar-refractivity contribution in [2.45, 2.75) is 22.1 Å². The Morgan fingerprint density at radius 1 is 1.21 bits per heavy atom. The van der Waals surface area contributed by atoms with Gasteiger partial charge in [-0.15, -0.1) is 11.3 Å². The van der Waals surface area contributed by atoms with Crippen molar-refractivity contribution in [1.29, 1.82) is 0 Å². The summed E-state index contributed by atoms with van der Waals surface area (Å²) in [5.74, 6) is -0.811. The van der Waals surface area contributed by atoms with Crippen LogP contribution in [0.25, 0.3) is 0 Å². The van der Waals surface area contributed by atoms with Gasteiger partial charge in [-0.3, -0.25) is 4.79 Å². The van der Waals surface area contributed by atoms with Crippen molar-refractivity contribution in [2.24, 2.45) is 0 Å². The Kier molecular flexibility index (Phi) is 5.22. The van der Waals surface area contributed by atoms with Gasteiger partial charge in [-0.25, -0.2) is 12.8 Å². The van der Waals surface area contributed by atoms with E-state index in [9.17, 15) is 17.6 Å². The second-order valence-corrected chi connectivity index (χ2v) is 10.2. The second kappa shape index (κ2) is 7.55. The first-order chi connectivity index (χ1) is 13.8. The average Bonchev–Trinajstić information content (AvgIpc) is 3.14. The highest BCUT2D eigenvalue weighted by molar-refractivity contribution is 9.10. The maximum atomic E-state index is 14.5. The Morgan fingerprint density at radius 2 is 1.93 bits per heavy atom. The van der Waals surface area contributed by atoms with E-state index in [-0.39, 0.29) is 27.8 Å². The van der Waals surface area contributed by atoms with Gasteiger partial charge < -0.3 is 10.1 Å². The van der Waals surface area contributed by atoms with E-state index in [1.807, 2.05) is 0 Å². The highest BCUT2D eigenvalue weighted by atomic mass is 79.9. The van der Waals surface area contributed by atoms with Crippen molar-refractivity contribution >= 4 is 48.7 Å². The molecule has 0 spiro atoms. The van der Waals surface area contributed by atoms with E-state index in [0.29, 0.717) is 20.7 Å². The number of rotatable bonds is 4. The average molecular weight is 496 g/mol. The summed E-state index contributed by atoms with van der Waals surface area (Å²) >= 11 is 4.53. The number of fused-ring (bicyclic) bond motifs is 1. The Balaban J connectivity index is 1.82. The normalized spacial score (nSPS) is 16.2. The molecule has 2 heterocycles. The fourth-order valence-electron chi connectivity index (χ4n) is 3.32. The van der Waals surface area contributed by atoms with Gasteiger partial charge in [-0.2, -0.15) is 0 Å². The van der Waals surface area contributed by atoms with Gasteiger partial charge in [-0.05, 0) is 48.0 Å². The molecule has 29 heavy (non-hydrogen) atoms. The Hall–Kier alpha value is -2.23. The number of thiophene rings is 1. The zero-order valence-corrected chi connectivity index (χ0v) is 18.3. The van der Waals surface area contributed by atoms with Crippen LogP contribution in [0.4, 0.5) is 10.1 Å². The minimum absolute atomic E-state index is 0.0103. The number of sulfone groups is 1. The van der Waals surface area contributed by atoms with Crippen LogP contribution < -0.4 is 10.1 Å². The van der Waals surface area contributed by atoms with Crippen LogP contribution in [0.2, 0.25) is 0 Å². The Labute approximate surface area is 179 Å². The van der Waals surface area contributed by atoms with Gasteiger partial charge in [0.25, 0.3) is 0 Å². The highest BCUT2D eigenvalue weighted by Gasteiger charge is 2.35. The van der Waals surface area contributed by atoms with E-state index in [0.717, 1.165) is 0 Å². The van der Waals surface area contributed by atoms with Crippen LogP contribution in [-0.2, 0) is 14.6 Å². The van der Waals surface area contributed by atoms with Crippen molar-refractivity contribution in [1.82, 2.24) is 0 Å². The maximum absolute atomic E-state index is 14.5. The topological polar surface area (TPSA) is 72.5 Å². The molecule has 0 saturated heterocycles. The van der Waals surface area contributed by atoms with E-state index in [1.54, 1.807) is 24.3 Å². The van der Waals surface area contributed by atoms with E-state index in [2.05, 4.69) is 21.2 Å². The summed E-state index contributed by atoms with van der Waals surface area (Å²) in [6, 6.07) is 10.6. The zero-order chi connectivity index (χ0) is 20.8. The van der Waals surface area contributed by atoms with E-state index < -0.39 is 21.6 Å². The molecule has 1 atom stereocenters. The lowest BCUT2D eigenvalue weighted by Crippen LogP contribution is -2.24. The van der Waals surface area contributed by atoms with Gasteiger partial charge in [0.2, 0.25) is 15.7 Å². The smallest absolute Gasteiger partial charge is 0.225 e. The molecule has 9 heteroatoms. The number of carbonyl (C=O) groups is 1. The van der Waals surface area contributed by atoms with Gasteiger partial charge in [0.05, 0.1) is 17.7 Å². The van der Waals surface area contributed by atoms with Crippen LogP contribution in [0.1, 0.15) is 22.8 Å². The minimum atomic E-state index is -3.87. The molecule has 1 amide bonds. The van der Waals surface area contributed by atoms with Crippen molar-refractivity contribution in [3.05, 3.63) is 68.6 Å². The molecule has 0 unspecified atom stereocenters. The monoisotopic (exact) mass is 495 g/mol. The first kappa shape index (κ1) is 20.1. The van der Waals surface area contributed by atoms with Crippen LogP contribution in [-0.4, -0.2) is 21.4 Å². The summed E-state index contributed by atoms with van der Waals surface area (Å²) in [4.78, 5) is 13.1. The highest BCUT2D eigenvalue weighted by Crippen LogP contribution is 2.46. The van der Waals surface area contributed by atoms with Crippen LogP contribution in [0.15, 0.2) is 62.1 Å². The molecule has 1 aromatic heterocycles. The largest absolute Gasteiger partial charge is 0.497 e. The number of hydrogen-bond donors (Lipinski definition) is 1. The predicted octanol–water partition coefficient (Wildman–Crippen LogP) is 4.97. The third-order valence-electron chi connectivity index (χ3n) is 4.75. The van der Waals surface area contributed by atoms with Crippen molar-refractivity contribution < 1.29 is 22.3 Å². The third kappa shape index (κ3) is 3.58. The lowest BCUT2D eigenvalue weighted by Gasteiger charge is -2.24. The summed E-state index contributed by atoms with van der Waals surface area (Å²) < 4.78 is 46.6. The molecular formula is C20H15BrFNO4S2. The molecule has 0 aliphatic carbocycles. The fourth-order valence-corrected chi connectivity index (χ4v) is 6.59. The number of hydrogen-bond acceptors (Lipinski definition) is 5. The molecule has 1 N–H and O–H groups in total. The molecule has 0 fully saturated rings. The summed E-state index contributed by atoms with van der Waals surface area (Å²) in [6.45, 7) is 0. The van der Waals surface area contributed by atoms with Crippen molar-refractivity contribution in [3.63, 3.8) is 0 Å². The quantitative estimate of drug-likeness (QED) is 0.554. The van der Waals surface area contributed by atoms with Crippen LogP contribution >= 0.6 is 27.3 Å². The molecular weight excluding hydrogens is 481 g/mol. The lowest BCUT2D eigenvalue weighted by atomic mass is 9.90. The van der Waals surface area contributed by atoms with Gasteiger partial charge in [-0.1, -0.05) is 15.9 Å². The van der Waals surface area contributed by atoms with E-state index >= 15 is 0 Å². The van der Waals surface area contributed by atoms with Gasteiger partial charge in [0.1, 0.15) is 16.5 Å². The summed E-state index contributed by atoms with van der Waals surface area (Å²) in [7, 11) is -2.38. The molecule has 1 aliphatic rings. The van der Waals surface area contributed by atoms with E-state index in [1.165, 1.54) is 42.0 Å². The number of amides is 1. The van der Waals surface area contributed by atoms with Crippen molar-refractivity contribution in [3.8, 4) is 5.75 Å². The molecule has 0 bridgehead atoms. The molecule has 1 aliphatic heterocycles. The zero-order valence-electron chi connectivity index (χ0n) is 15.1. The van der Waals surface area contributed by atoms with Gasteiger partial charge in [0, 0.05) is 27.1 Å². The number of halogens is 2. The van der Waals surface area contributed by atoms with Crippen molar-refractivity contribution in [2.75, 3.05) is 12.4 Å². The summed E-state index contributed by atoms with van der Waals surface area (Å²) in [5.41, 5.74) is 0.581. The van der Waals surface area contributed by atoms with Crippen LogP contribution in [0.5, 0.6) is 5.75 Å². The second-order valence-electron chi connectivity index (χ2n) is 6.49. The Morgan fingerprint density at radius 3 is 2.62 bits per heavy atom. The van der Waals surface area contributed by atoms with Gasteiger partial charge in [0.15, 0.2) is 0 Å². The minimum Gasteiger partial charge on any atom is -0.497 e. The number of anilines is 1. The van der Waals surface area contributed by atoms with Gasteiger partial charge >= 0.3 is 0 Å². The third-order valence-corrected chi connectivity index (χ3v) is 8.28. The van der Waals surface area contributed by atoms with E-state index in [4.69, 9.17) is 4.74 Å². The molecule has 150 valence electrons. The molecule has 3 aromatic rings. The molecule has 4 rings (SSSR count). The van der Waals surface area contributed by atoms with Crippen LogP contribution in [0.3, 0.4) is 0 Å². The predicted molar refractivity (Wildman–Crippen MR) is 112 cm³/mol. The maximum Gasteiger partial charge on any atom is 0.225 e. The Bertz CT molecular complexity index is 1210. The number of ether oxygens (including phenoxy) is 1. The number of nitrogens with one attached hydrogen (secondary N) is 1. The SMILES string of the molecule is COc1ccc(S(=O)(=O)c2csc3c2NC(=O)C[C@@H]3c2cc(Br)ccc2F)cc1. The summed E-state index contributed by atoms with van der Waals surface area (Å²) in [6.07, 6.45) is 0.0446. The lowest BCUT2D eigenvalue weighted by molar-refractivity contribution is -0.116. The standard InChI is InChI=1S/C20H15BrFNO4S2/c1-27-12-3-5-13(6-4-12)29(25,26)17-10-28-20-15(9-18(24)23-19(17)20)14-8-11(21)2-7-16(14)22/h2-8,10,15H,9H2,1H3,(H,23,24)/t15-/m1/s1. The first-order valence-electron chi connectivity index (χ1n) is 8.56. The summed E-state index contributed by atoms with van der Waals surface area (Å²) in [5, 5.41) is 4.17. The van der Waals surface area contributed by atoms with Crippen LogP contribution in [0, 0.1) is 5.82 Å². The number of methoxy groups -OCH3 is 1. The number of benzene rings is 2. The molecule has 0 saturated carbocycles. The fraction of sp³-hybridized carbons (Fsp3) is 0.150. The molecule has 2 aromatic carbocycles.